The second-order valence-electron chi connectivity index (χ2n) is 6.50. The summed E-state index contributed by atoms with van der Waals surface area (Å²) < 4.78 is 6.98. The zero-order valence-electron chi connectivity index (χ0n) is 13.0. The van der Waals surface area contributed by atoms with Crippen molar-refractivity contribution in [3.63, 3.8) is 0 Å². The van der Waals surface area contributed by atoms with Crippen molar-refractivity contribution >= 4 is 15.9 Å². The molecule has 1 saturated carbocycles. The van der Waals surface area contributed by atoms with Crippen LogP contribution in [0.2, 0.25) is 0 Å². The first-order chi connectivity index (χ1) is 9.98. The third-order valence-corrected chi connectivity index (χ3v) is 4.41. The first-order valence-electron chi connectivity index (χ1n) is 7.83. The molecule has 0 spiro atoms. The lowest BCUT2D eigenvalue weighted by atomic mass is 10.0. The van der Waals surface area contributed by atoms with Gasteiger partial charge in [-0.3, -0.25) is 0 Å². The first kappa shape index (κ1) is 16.8. The number of rotatable bonds is 7. The van der Waals surface area contributed by atoms with Crippen molar-refractivity contribution in [3.8, 4) is 5.75 Å². The van der Waals surface area contributed by atoms with Gasteiger partial charge >= 0.3 is 0 Å². The van der Waals surface area contributed by atoms with Crippen LogP contribution in [-0.4, -0.2) is 23.9 Å². The van der Waals surface area contributed by atoms with Gasteiger partial charge in [-0.1, -0.05) is 42.6 Å². The molecule has 1 aromatic rings. The van der Waals surface area contributed by atoms with Crippen molar-refractivity contribution in [2.45, 2.75) is 51.7 Å². The zero-order valence-corrected chi connectivity index (χ0v) is 14.6. The van der Waals surface area contributed by atoms with Crippen LogP contribution >= 0.6 is 15.9 Å². The molecule has 0 radical (unpaired) electrons. The van der Waals surface area contributed by atoms with Crippen LogP contribution in [0.1, 0.15) is 45.1 Å². The molecule has 0 bridgehead atoms. The molecule has 0 heterocycles. The molecule has 0 saturated heterocycles. The summed E-state index contributed by atoms with van der Waals surface area (Å²) >= 11 is 3.51. The highest BCUT2D eigenvalue weighted by molar-refractivity contribution is 9.10. The Hall–Kier alpha value is -0.580. The lowest BCUT2D eigenvalue weighted by Crippen LogP contribution is -2.32. The highest BCUT2D eigenvalue weighted by Crippen LogP contribution is 2.31. The highest BCUT2D eigenvalue weighted by Gasteiger charge is 2.32. The van der Waals surface area contributed by atoms with E-state index in [1.54, 1.807) is 0 Å². The summed E-state index contributed by atoms with van der Waals surface area (Å²) in [5.74, 6) is 1.50. The lowest BCUT2D eigenvalue weighted by Gasteiger charge is -2.23. The summed E-state index contributed by atoms with van der Waals surface area (Å²) in [6.45, 7) is 6.55. The SMILES string of the molecule is CC(C)CNCc1cc(Br)ccc1OCC1(O)CCCC1. The third-order valence-electron chi connectivity index (χ3n) is 3.92. The molecule has 0 aromatic heterocycles. The normalized spacial score (nSPS) is 17.4. The summed E-state index contributed by atoms with van der Waals surface area (Å²) in [7, 11) is 0. The maximum absolute atomic E-state index is 10.4. The summed E-state index contributed by atoms with van der Waals surface area (Å²) in [4.78, 5) is 0. The van der Waals surface area contributed by atoms with Gasteiger partial charge in [0, 0.05) is 16.6 Å². The van der Waals surface area contributed by atoms with E-state index in [0.717, 1.165) is 54.6 Å². The Labute approximate surface area is 136 Å². The van der Waals surface area contributed by atoms with Crippen molar-refractivity contribution < 1.29 is 9.84 Å². The number of hydrogen-bond acceptors (Lipinski definition) is 3. The quantitative estimate of drug-likeness (QED) is 0.779. The minimum absolute atomic E-state index is 0.395. The van der Waals surface area contributed by atoms with Gasteiger partial charge in [0.25, 0.3) is 0 Å². The predicted octanol–water partition coefficient (Wildman–Crippen LogP) is 3.88. The summed E-state index contributed by atoms with van der Waals surface area (Å²) in [5.41, 5.74) is 0.502. The van der Waals surface area contributed by atoms with Crippen LogP contribution in [0.15, 0.2) is 22.7 Å². The smallest absolute Gasteiger partial charge is 0.124 e. The van der Waals surface area contributed by atoms with Gasteiger partial charge in [0.15, 0.2) is 0 Å². The van der Waals surface area contributed by atoms with Crippen LogP contribution in [0, 0.1) is 5.92 Å². The molecule has 3 nitrogen and oxygen atoms in total. The Bertz CT molecular complexity index is 456. The van der Waals surface area contributed by atoms with E-state index in [1.165, 1.54) is 0 Å². The zero-order chi connectivity index (χ0) is 15.3. The lowest BCUT2D eigenvalue weighted by molar-refractivity contribution is 0.00111. The molecular weight excluding hydrogens is 330 g/mol. The minimum Gasteiger partial charge on any atom is -0.490 e. The maximum atomic E-state index is 10.4. The van der Waals surface area contributed by atoms with Crippen LogP contribution in [0.25, 0.3) is 0 Å². The van der Waals surface area contributed by atoms with E-state index in [4.69, 9.17) is 4.74 Å². The molecule has 1 aromatic carbocycles. The van der Waals surface area contributed by atoms with Crippen molar-refractivity contribution in [3.05, 3.63) is 28.2 Å². The molecular formula is C17H26BrNO2. The van der Waals surface area contributed by atoms with Crippen LogP contribution in [0.3, 0.4) is 0 Å². The van der Waals surface area contributed by atoms with E-state index in [1.807, 2.05) is 12.1 Å². The second-order valence-corrected chi connectivity index (χ2v) is 7.41. The van der Waals surface area contributed by atoms with E-state index in [9.17, 15) is 5.11 Å². The Morgan fingerprint density at radius 1 is 1.33 bits per heavy atom. The van der Waals surface area contributed by atoms with E-state index >= 15 is 0 Å². The molecule has 2 rings (SSSR count). The number of halogens is 1. The fourth-order valence-corrected chi connectivity index (χ4v) is 3.12. The number of benzene rings is 1. The molecule has 1 aliphatic carbocycles. The molecule has 0 atom stereocenters. The molecule has 1 aliphatic rings. The van der Waals surface area contributed by atoms with Gasteiger partial charge in [0.05, 0.1) is 5.60 Å². The van der Waals surface area contributed by atoms with Crippen molar-refractivity contribution in [1.82, 2.24) is 5.32 Å². The van der Waals surface area contributed by atoms with Gasteiger partial charge in [-0.25, -0.2) is 0 Å². The molecule has 0 amide bonds. The fourth-order valence-electron chi connectivity index (χ4n) is 2.71. The van der Waals surface area contributed by atoms with Crippen LogP contribution in [-0.2, 0) is 6.54 Å². The fraction of sp³-hybridized carbons (Fsp3) is 0.647. The van der Waals surface area contributed by atoms with Gasteiger partial charge in [-0.15, -0.1) is 0 Å². The number of hydrogen-bond donors (Lipinski definition) is 2. The molecule has 1 fully saturated rings. The maximum Gasteiger partial charge on any atom is 0.124 e. The molecule has 4 heteroatoms. The first-order valence-corrected chi connectivity index (χ1v) is 8.62. The molecule has 0 aliphatic heterocycles. The Morgan fingerprint density at radius 3 is 2.71 bits per heavy atom. The number of nitrogens with one attached hydrogen (secondary N) is 1. The summed E-state index contributed by atoms with van der Waals surface area (Å²) in [6.07, 6.45) is 3.90. The average molecular weight is 356 g/mol. The molecule has 2 N–H and O–H groups in total. The monoisotopic (exact) mass is 355 g/mol. The van der Waals surface area contributed by atoms with Crippen molar-refractivity contribution in [2.24, 2.45) is 5.92 Å². The van der Waals surface area contributed by atoms with Gasteiger partial charge in [0.2, 0.25) is 0 Å². The van der Waals surface area contributed by atoms with Crippen LogP contribution in [0.5, 0.6) is 5.75 Å². The molecule has 21 heavy (non-hydrogen) atoms. The van der Waals surface area contributed by atoms with E-state index in [-0.39, 0.29) is 0 Å². The number of ether oxygens (including phenoxy) is 1. The predicted molar refractivity (Wildman–Crippen MR) is 89.6 cm³/mol. The minimum atomic E-state index is -0.629. The summed E-state index contributed by atoms with van der Waals surface area (Å²) in [5, 5.41) is 13.8. The average Bonchev–Trinajstić information content (AvgIpc) is 2.85. The Morgan fingerprint density at radius 2 is 2.05 bits per heavy atom. The summed E-state index contributed by atoms with van der Waals surface area (Å²) in [6, 6.07) is 6.05. The topological polar surface area (TPSA) is 41.5 Å². The van der Waals surface area contributed by atoms with Gasteiger partial charge in [-0.2, -0.15) is 0 Å². The van der Waals surface area contributed by atoms with Crippen molar-refractivity contribution in [1.29, 1.82) is 0 Å². The van der Waals surface area contributed by atoms with Gasteiger partial charge in [0.1, 0.15) is 12.4 Å². The third kappa shape index (κ3) is 5.28. The molecule has 0 unspecified atom stereocenters. The van der Waals surface area contributed by atoms with Gasteiger partial charge < -0.3 is 15.2 Å². The second kappa shape index (κ2) is 7.61. The number of aliphatic hydroxyl groups is 1. The largest absolute Gasteiger partial charge is 0.490 e. The van der Waals surface area contributed by atoms with Crippen molar-refractivity contribution in [2.75, 3.05) is 13.2 Å². The van der Waals surface area contributed by atoms with Gasteiger partial charge in [-0.05, 0) is 43.5 Å². The highest BCUT2D eigenvalue weighted by atomic mass is 79.9. The van der Waals surface area contributed by atoms with E-state index in [2.05, 4.69) is 41.2 Å². The Balaban J connectivity index is 1.97. The van der Waals surface area contributed by atoms with Crippen LogP contribution < -0.4 is 10.1 Å². The molecule has 118 valence electrons. The Kier molecular flexibility index (Phi) is 6.08. The van der Waals surface area contributed by atoms with Crippen LogP contribution in [0.4, 0.5) is 0 Å². The van der Waals surface area contributed by atoms with E-state index < -0.39 is 5.60 Å². The standard InChI is InChI=1S/C17H26BrNO2/c1-13(2)10-19-11-14-9-15(18)5-6-16(14)21-12-17(20)7-3-4-8-17/h5-6,9,13,19-20H,3-4,7-8,10-12H2,1-2H3. The van der Waals surface area contributed by atoms with E-state index in [0.29, 0.717) is 12.5 Å².